The number of carbonyl (C=O) groups is 1. The molecule has 0 aliphatic carbocycles. The molecule has 5 heteroatoms. The van der Waals surface area contributed by atoms with E-state index in [1.54, 1.807) is 13.0 Å². The standard InChI is InChI=1S/C15H19FN2O2/c1-10(19)13-8-11(16)2-4-14(13)17-6-7-18-12(9-17)3-5-15(18)20/h2,4,8,10,12,19H,3,5-7,9H2,1H3. The van der Waals surface area contributed by atoms with Crippen molar-refractivity contribution in [2.45, 2.75) is 31.9 Å². The van der Waals surface area contributed by atoms with Crippen molar-refractivity contribution in [3.63, 3.8) is 0 Å². The topological polar surface area (TPSA) is 43.8 Å². The summed E-state index contributed by atoms with van der Waals surface area (Å²) in [6.07, 6.45) is 0.815. The predicted octanol–water partition coefficient (Wildman–Crippen LogP) is 1.69. The normalized spacial score (nSPS) is 23.9. The number of hydrogen-bond donors (Lipinski definition) is 1. The van der Waals surface area contributed by atoms with Gasteiger partial charge in [-0.1, -0.05) is 0 Å². The second-order valence-electron chi connectivity index (χ2n) is 5.60. The monoisotopic (exact) mass is 278 g/mol. The van der Waals surface area contributed by atoms with Gasteiger partial charge >= 0.3 is 0 Å². The van der Waals surface area contributed by atoms with Crippen molar-refractivity contribution in [2.24, 2.45) is 0 Å². The first-order chi connectivity index (χ1) is 9.56. The highest BCUT2D eigenvalue weighted by Gasteiger charge is 2.36. The summed E-state index contributed by atoms with van der Waals surface area (Å²) >= 11 is 0. The second kappa shape index (κ2) is 5.05. The first-order valence-corrected chi connectivity index (χ1v) is 7.08. The van der Waals surface area contributed by atoms with Crippen molar-refractivity contribution >= 4 is 11.6 Å². The Kier molecular flexibility index (Phi) is 3.38. The number of piperazine rings is 1. The Morgan fingerprint density at radius 1 is 1.40 bits per heavy atom. The minimum atomic E-state index is -0.705. The molecule has 0 saturated carbocycles. The van der Waals surface area contributed by atoms with E-state index >= 15 is 0 Å². The van der Waals surface area contributed by atoms with Crippen LogP contribution < -0.4 is 4.90 Å². The average molecular weight is 278 g/mol. The smallest absolute Gasteiger partial charge is 0.223 e. The third-order valence-corrected chi connectivity index (χ3v) is 4.27. The number of amides is 1. The Hall–Kier alpha value is -1.62. The van der Waals surface area contributed by atoms with E-state index in [0.29, 0.717) is 18.5 Å². The van der Waals surface area contributed by atoms with E-state index < -0.39 is 6.10 Å². The number of hydrogen-bond acceptors (Lipinski definition) is 3. The molecular formula is C15H19FN2O2. The zero-order chi connectivity index (χ0) is 14.3. The highest BCUT2D eigenvalue weighted by Crippen LogP contribution is 2.31. The van der Waals surface area contributed by atoms with Gasteiger partial charge in [-0.2, -0.15) is 0 Å². The zero-order valence-corrected chi connectivity index (χ0v) is 11.6. The lowest BCUT2D eigenvalue weighted by Gasteiger charge is -2.39. The van der Waals surface area contributed by atoms with Crippen LogP contribution in [0.5, 0.6) is 0 Å². The van der Waals surface area contributed by atoms with Gasteiger partial charge in [-0.05, 0) is 31.5 Å². The quantitative estimate of drug-likeness (QED) is 0.895. The van der Waals surface area contributed by atoms with Crippen LogP contribution in [0.3, 0.4) is 0 Å². The lowest BCUT2D eigenvalue weighted by atomic mass is 10.0. The molecule has 1 aromatic carbocycles. The predicted molar refractivity (Wildman–Crippen MR) is 74.0 cm³/mol. The van der Waals surface area contributed by atoms with Crippen molar-refractivity contribution in [2.75, 3.05) is 24.5 Å². The molecule has 2 aliphatic heterocycles. The molecule has 2 atom stereocenters. The highest BCUT2D eigenvalue weighted by atomic mass is 19.1. The van der Waals surface area contributed by atoms with Crippen molar-refractivity contribution in [1.29, 1.82) is 0 Å². The Balaban J connectivity index is 1.85. The van der Waals surface area contributed by atoms with E-state index in [4.69, 9.17) is 0 Å². The molecule has 2 saturated heterocycles. The summed E-state index contributed by atoms with van der Waals surface area (Å²) < 4.78 is 13.4. The van der Waals surface area contributed by atoms with E-state index in [1.807, 2.05) is 4.90 Å². The number of halogens is 1. The fraction of sp³-hybridized carbons (Fsp3) is 0.533. The maximum absolute atomic E-state index is 13.4. The lowest BCUT2D eigenvalue weighted by molar-refractivity contribution is -0.129. The Bertz CT molecular complexity index is 533. The van der Waals surface area contributed by atoms with Crippen LogP contribution in [0, 0.1) is 5.82 Å². The van der Waals surface area contributed by atoms with E-state index in [2.05, 4.69) is 4.90 Å². The molecule has 1 amide bonds. The van der Waals surface area contributed by atoms with Gasteiger partial charge in [0.05, 0.1) is 6.10 Å². The van der Waals surface area contributed by atoms with Gasteiger partial charge in [0.2, 0.25) is 5.91 Å². The molecule has 4 nitrogen and oxygen atoms in total. The minimum absolute atomic E-state index is 0.240. The molecule has 108 valence electrons. The molecule has 2 heterocycles. The van der Waals surface area contributed by atoms with Gasteiger partial charge in [0.25, 0.3) is 0 Å². The van der Waals surface area contributed by atoms with Crippen molar-refractivity contribution < 1.29 is 14.3 Å². The van der Waals surface area contributed by atoms with Gasteiger partial charge < -0.3 is 14.9 Å². The van der Waals surface area contributed by atoms with Crippen LogP contribution in [0.1, 0.15) is 31.4 Å². The fourth-order valence-corrected chi connectivity index (χ4v) is 3.23. The number of rotatable bonds is 2. The van der Waals surface area contributed by atoms with E-state index in [-0.39, 0.29) is 17.8 Å². The summed E-state index contributed by atoms with van der Waals surface area (Å²) in [4.78, 5) is 15.8. The van der Waals surface area contributed by atoms with Gasteiger partial charge in [-0.15, -0.1) is 0 Å². The lowest BCUT2D eigenvalue weighted by Crippen LogP contribution is -2.51. The number of nitrogens with zero attached hydrogens (tertiary/aromatic N) is 2. The van der Waals surface area contributed by atoms with Crippen LogP contribution in [0.2, 0.25) is 0 Å². The summed E-state index contributed by atoms with van der Waals surface area (Å²) in [7, 11) is 0. The third-order valence-electron chi connectivity index (χ3n) is 4.27. The van der Waals surface area contributed by atoms with Gasteiger partial charge in [0.15, 0.2) is 0 Å². The molecular weight excluding hydrogens is 259 g/mol. The molecule has 1 N–H and O–H groups in total. The molecule has 2 unspecified atom stereocenters. The zero-order valence-electron chi connectivity index (χ0n) is 11.6. The molecule has 0 bridgehead atoms. The molecule has 1 aromatic rings. The number of anilines is 1. The third kappa shape index (κ3) is 2.26. The van der Waals surface area contributed by atoms with E-state index in [1.165, 1.54) is 12.1 Å². The van der Waals surface area contributed by atoms with E-state index in [9.17, 15) is 14.3 Å². The Morgan fingerprint density at radius 3 is 2.95 bits per heavy atom. The number of fused-ring (bicyclic) bond motifs is 1. The van der Waals surface area contributed by atoms with Crippen LogP contribution in [0.25, 0.3) is 0 Å². The molecule has 2 aliphatic rings. The molecule has 20 heavy (non-hydrogen) atoms. The number of aliphatic hydroxyl groups is 1. The molecule has 0 spiro atoms. The van der Waals surface area contributed by atoms with Crippen LogP contribution in [0.4, 0.5) is 10.1 Å². The maximum Gasteiger partial charge on any atom is 0.223 e. The molecule has 3 rings (SSSR count). The first-order valence-electron chi connectivity index (χ1n) is 7.08. The Morgan fingerprint density at radius 2 is 2.20 bits per heavy atom. The van der Waals surface area contributed by atoms with Gasteiger partial charge in [0.1, 0.15) is 5.82 Å². The minimum Gasteiger partial charge on any atom is -0.389 e. The number of aliphatic hydroxyl groups excluding tert-OH is 1. The van der Waals surface area contributed by atoms with E-state index in [0.717, 1.165) is 25.2 Å². The van der Waals surface area contributed by atoms with Crippen LogP contribution in [-0.2, 0) is 4.79 Å². The van der Waals surface area contributed by atoms with Crippen LogP contribution in [0.15, 0.2) is 18.2 Å². The Labute approximate surface area is 117 Å². The summed E-state index contributed by atoms with van der Waals surface area (Å²) in [5.41, 5.74) is 1.49. The average Bonchev–Trinajstić information content (AvgIpc) is 2.80. The second-order valence-corrected chi connectivity index (χ2v) is 5.60. The van der Waals surface area contributed by atoms with Gasteiger partial charge in [-0.3, -0.25) is 4.79 Å². The first kappa shape index (κ1) is 13.4. The maximum atomic E-state index is 13.4. The largest absolute Gasteiger partial charge is 0.389 e. The summed E-state index contributed by atoms with van der Waals surface area (Å²) in [6.45, 7) is 3.85. The van der Waals surface area contributed by atoms with Crippen LogP contribution in [-0.4, -0.2) is 41.6 Å². The molecule has 2 fully saturated rings. The highest BCUT2D eigenvalue weighted by molar-refractivity contribution is 5.79. The fourth-order valence-electron chi connectivity index (χ4n) is 3.23. The van der Waals surface area contributed by atoms with Gasteiger partial charge in [0, 0.05) is 43.3 Å². The summed E-state index contributed by atoms with van der Waals surface area (Å²) in [6, 6.07) is 4.80. The molecule has 0 aromatic heterocycles. The number of benzene rings is 1. The SMILES string of the molecule is CC(O)c1cc(F)ccc1N1CCN2C(=O)CCC2C1. The van der Waals surface area contributed by atoms with Crippen molar-refractivity contribution in [1.82, 2.24) is 4.90 Å². The van der Waals surface area contributed by atoms with Gasteiger partial charge in [-0.25, -0.2) is 4.39 Å². The summed E-state index contributed by atoms with van der Waals surface area (Å²) in [5, 5.41) is 9.83. The summed E-state index contributed by atoms with van der Waals surface area (Å²) in [5.74, 6) is -0.0937. The molecule has 0 radical (unpaired) electrons. The van der Waals surface area contributed by atoms with Crippen LogP contribution >= 0.6 is 0 Å². The number of carbonyl (C=O) groups excluding carboxylic acids is 1. The van der Waals surface area contributed by atoms with Crippen molar-refractivity contribution in [3.05, 3.63) is 29.6 Å². The van der Waals surface area contributed by atoms with Crippen molar-refractivity contribution in [3.8, 4) is 0 Å².